The van der Waals surface area contributed by atoms with Gasteiger partial charge in [0.25, 0.3) is 0 Å². The van der Waals surface area contributed by atoms with Gasteiger partial charge in [-0.05, 0) is 12.5 Å². The van der Waals surface area contributed by atoms with Gasteiger partial charge < -0.3 is 15.5 Å². The number of aliphatic carboxylic acids is 1. The van der Waals surface area contributed by atoms with E-state index in [1.165, 1.54) is 6.08 Å². The van der Waals surface area contributed by atoms with Crippen LogP contribution in [0.2, 0.25) is 0 Å². The second-order valence-electron chi connectivity index (χ2n) is 3.24. The monoisotopic (exact) mass is 230 g/mol. The Labute approximate surface area is 94.6 Å². The summed E-state index contributed by atoms with van der Waals surface area (Å²) in [6, 6.07) is 0. The highest BCUT2D eigenvalue weighted by molar-refractivity contribution is 5.86. The molecular formula is C10H18N2O4. The largest absolute Gasteiger partial charge is 0.480 e. The third-order valence-electron chi connectivity index (χ3n) is 1.91. The van der Waals surface area contributed by atoms with Crippen LogP contribution in [-0.4, -0.2) is 59.8 Å². The van der Waals surface area contributed by atoms with Gasteiger partial charge in [-0.15, -0.1) is 0 Å². The second-order valence-corrected chi connectivity index (χ2v) is 3.24. The lowest BCUT2D eigenvalue weighted by molar-refractivity contribution is -0.138. The Balaban J connectivity index is 3.70. The average molecular weight is 230 g/mol. The first-order valence-electron chi connectivity index (χ1n) is 5.05. The molecular weight excluding hydrogens is 212 g/mol. The summed E-state index contributed by atoms with van der Waals surface area (Å²) in [6.07, 6.45) is 1.82. The number of hydrogen-bond donors (Lipinski definition) is 3. The van der Waals surface area contributed by atoms with Crippen LogP contribution in [0.5, 0.6) is 0 Å². The maximum absolute atomic E-state index is 10.8. The molecule has 0 aliphatic heterocycles. The van der Waals surface area contributed by atoms with Crippen LogP contribution in [0.25, 0.3) is 0 Å². The number of aliphatic hydroxyl groups is 1. The average Bonchev–Trinajstić information content (AvgIpc) is 2.23. The van der Waals surface area contributed by atoms with Crippen molar-refractivity contribution in [2.45, 2.75) is 6.42 Å². The number of rotatable bonds is 9. The highest BCUT2D eigenvalue weighted by atomic mass is 16.4. The summed E-state index contributed by atoms with van der Waals surface area (Å²) >= 11 is 0. The minimum Gasteiger partial charge on any atom is -0.480 e. The van der Waals surface area contributed by atoms with Gasteiger partial charge in [0, 0.05) is 19.6 Å². The Morgan fingerprint density at radius 1 is 1.38 bits per heavy atom. The van der Waals surface area contributed by atoms with Gasteiger partial charge in [-0.1, -0.05) is 6.58 Å². The van der Waals surface area contributed by atoms with Gasteiger partial charge in [0.2, 0.25) is 5.91 Å². The summed E-state index contributed by atoms with van der Waals surface area (Å²) in [6.45, 7) is 4.44. The third-order valence-corrected chi connectivity index (χ3v) is 1.91. The van der Waals surface area contributed by atoms with Gasteiger partial charge in [-0.3, -0.25) is 14.5 Å². The molecule has 1 amide bonds. The number of nitrogens with one attached hydrogen (secondary N) is 1. The Morgan fingerprint density at radius 2 is 2.06 bits per heavy atom. The van der Waals surface area contributed by atoms with E-state index in [4.69, 9.17) is 10.2 Å². The predicted molar refractivity (Wildman–Crippen MR) is 59.0 cm³/mol. The lowest BCUT2D eigenvalue weighted by Crippen LogP contribution is -2.35. The molecule has 92 valence electrons. The van der Waals surface area contributed by atoms with E-state index in [0.29, 0.717) is 26.1 Å². The van der Waals surface area contributed by atoms with Gasteiger partial charge in [0.05, 0.1) is 13.2 Å². The van der Waals surface area contributed by atoms with Crippen molar-refractivity contribution in [1.82, 2.24) is 10.2 Å². The molecule has 0 spiro atoms. The molecule has 0 aromatic carbocycles. The summed E-state index contributed by atoms with van der Waals surface area (Å²) < 4.78 is 0. The van der Waals surface area contributed by atoms with Gasteiger partial charge in [-0.25, -0.2) is 0 Å². The van der Waals surface area contributed by atoms with E-state index >= 15 is 0 Å². The van der Waals surface area contributed by atoms with E-state index < -0.39 is 5.97 Å². The van der Waals surface area contributed by atoms with Crippen molar-refractivity contribution in [3.63, 3.8) is 0 Å². The summed E-state index contributed by atoms with van der Waals surface area (Å²) in [5, 5.41) is 19.9. The lowest BCUT2D eigenvalue weighted by Gasteiger charge is -2.18. The third kappa shape index (κ3) is 7.95. The molecule has 0 atom stereocenters. The molecule has 0 saturated heterocycles. The molecule has 0 aliphatic carbocycles. The van der Waals surface area contributed by atoms with Crippen LogP contribution in [0, 0.1) is 0 Å². The molecule has 16 heavy (non-hydrogen) atoms. The van der Waals surface area contributed by atoms with Gasteiger partial charge in [-0.2, -0.15) is 0 Å². The summed E-state index contributed by atoms with van der Waals surface area (Å²) in [5.74, 6) is -1.17. The van der Waals surface area contributed by atoms with Crippen LogP contribution in [0.3, 0.4) is 0 Å². The number of carbonyl (C=O) groups excluding carboxylic acids is 1. The molecule has 0 rings (SSSR count). The first-order valence-corrected chi connectivity index (χ1v) is 5.05. The summed E-state index contributed by atoms with van der Waals surface area (Å²) in [4.78, 5) is 22.9. The maximum atomic E-state index is 10.8. The molecule has 6 nitrogen and oxygen atoms in total. The van der Waals surface area contributed by atoms with E-state index in [0.717, 1.165) is 0 Å². The second kappa shape index (κ2) is 8.87. The van der Waals surface area contributed by atoms with Crippen molar-refractivity contribution < 1.29 is 19.8 Å². The standard InChI is InChI=1S/C10H18N2O4/c1-2-9(14)11-4-3-5-12(6-7-13)8-10(15)16/h2,13H,1,3-8H2,(H,11,14)(H,15,16). The lowest BCUT2D eigenvalue weighted by atomic mass is 10.3. The minimum absolute atomic E-state index is 0.0771. The van der Waals surface area contributed by atoms with E-state index in [-0.39, 0.29) is 19.1 Å². The molecule has 0 heterocycles. The maximum Gasteiger partial charge on any atom is 0.317 e. The Bertz CT molecular complexity index is 243. The van der Waals surface area contributed by atoms with E-state index in [2.05, 4.69) is 11.9 Å². The molecule has 0 aliphatic rings. The van der Waals surface area contributed by atoms with Gasteiger partial charge >= 0.3 is 5.97 Å². The quantitative estimate of drug-likeness (QED) is 0.351. The zero-order valence-electron chi connectivity index (χ0n) is 9.19. The van der Waals surface area contributed by atoms with E-state index in [9.17, 15) is 9.59 Å². The number of amides is 1. The van der Waals surface area contributed by atoms with Crippen molar-refractivity contribution in [1.29, 1.82) is 0 Å². The first kappa shape index (κ1) is 14.6. The van der Waals surface area contributed by atoms with Crippen molar-refractivity contribution in [3.8, 4) is 0 Å². The molecule has 0 aromatic rings. The van der Waals surface area contributed by atoms with Crippen molar-refractivity contribution in [2.24, 2.45) is 0 Å². The van der Waals surface area contributed by atoms with Crippen LogP contribution in [-0.2, 0) is 9.59 Å². The van der Waals surface area contributed by atoms with Crippen molar-refractivity contribution in [2.75, 3.05) is 32.8 Å². The van der Waals surface area contributed by atoms with Gasteiger partial charge in [0.1, 0.15) is 0 Å². The number of carboxylic acids is 1. The predicted octanol–water partition coefficient (Wildman–Crippen LogP) is -0.942. The number of hydrogen-bond acceptors (Lipinski definition) is 4. The van der Waals surface area contributed by atoms with Crippen LogP contribution < -0.4 is 5.32 Å². The molecule has 0 fully saturated rings. The van der Waals surface area contributed by atoms with Crippen molar-refractivity contribution >= 4 is 11.9 Å². The number of carbonyl (C=O) groups is 2. The first-order chi connectivity index (χ1) is 7.60. The highest BCUT2D eigenvalue weighted by Gasteiger charge is 2.08. The number of aliphatic hydroxyl groups excluding tert-OH is 1. The zero-order valence-corrected chi connectivity index (χ0v) is 9.19. The minimum atomic E-state index is -0.927. The fraction of sp³-hybridized carbons (Fsp3) is 0.600. The Kier molecular flexibility index (Phi) is 8.10. The fourth-order valence-corrected chi connectivity index (χ4v) is 1.19. The highest BCUT2D eigenvalue weighted by Crippen LogP contribution is 1.90. The molecule has 6 heteroatoms. The Hall–Kier alpha value is -1.40. The normalized spacial score (nSPS) is 10.1. The topological polar surface area (TPSA) is 89.9 Å². The molecule has 0 aromatic heterocycles. The van der Waals surface area contributed by atoms with Crippen molar-refractivity contribution in [3.05, 3.63) is 12.7 Å². The summed E-state index contributed by atoms with van der Waals surface area (Å²) in [7, 11) is 0. The molecule has 3 N–H and O–H groups in total. The van der Waals surface area contributed by atoms with Crippen LogP contribution >= 0.6 is 0 Å². The van der Waals surface area contributed by atoms with Crippen LogP contribution in [0.1, 0.15) is 6.42 Å². The Morgan fingerprint density at radius 3 is 2.56 bits per heavy atom. The van der Waals surface area contributed by atoms with Gasteiger partial charge in [0.15, 0.2) is 0 Å². The molecule has 0 saturated carbocycles. The molecule has 0 unspecified atom stereocenters. The number of nitrogens with zero attached hydrogens (tertiary/aromatic N) is 1. The molecule has 0 radical (unpaired) electrons. The smallest absolute Gasteiger partial charge is 0.317 e. The molecule has 0 bridgehead atoms. The van der Waals surface area contributed by atoms with E-state index in [1.807, 2.05) is 0 Å². The van der Waals surface area contributed by atoms with Crippen LogP contribution in [0.4, 0.5) is 0 Å². The fourth-order valence-electron chi connectivity index (χ4n) is 1.19. The van der Waals surface area contributed by atoms with E-state index in [1.54, 1.807) is 4.90 Å². The number of carboxylic acid groups (broad SMARTS) is 1. The SMILES string of the molecule is C=CC(=O)NCCCN(CCO)CC(=O)O. The zero-order chi connectivity index (χ0) is 12.4. The van der Waals surface area contributed by atoms with Crippen LogP contribution in [0.15, 0.2) is 12.7 Å². The summed E-state index contributed by atoms with van der Waals surface area (Å²) in [5.41, 5.74) is 0.